The summed E-state index contributed by atoms with van der Waals surface area (Å²) in [6.07, 6.45) is 4.40. The molecule has 0 radical (unpaired) electrons. The average Bonchev–Trinajstić information content (AvgIpc) is 2.17. The molecular weight excluding hydrogens is 206 g/mol. The maximum Gasteiger partial charge on any atom is 0.0541 e. The van der Waals surface area contributed by atoms with E-state index < -0.39 is 0 Å². The second kappa shape index (κ2) is 5.07. The molecule has 0 spiro atoms. The van der Waals surface area contributed by atoms with Crippen LogP contribution in [0.1, 0.15) is 39.5 Å². The van der Waals surface area contributed by atoms with Crippen LogP contribution in [0.4, 0.5) is 0 Å². The van der Waals surface area contributed by atoms with Gasteiger partial charge in [-0.25, -0.2) is 0 Å². The molecule has 1 saturated carbocycles. The summed E-state index contributed by atoms with van der Waals surface area (Å²) in [7, 11) is 0. The van der Waals surface area contributed by atoms with Crippen molar-refractivity contribution in [2.24, 2.45) is 0 Å². The third-order valence-electron chi connectivity index (χ3n) is 3.63. The largest absolute Gasteiger partial charge is 0.393 e. The molecule has 2 unspecified atom stereocenters. The fourth-order valence-electron chi connectivity index (χ4n) is 2.94. The topological polar surface area (TPSA) is 23.5 Å². The molecule has 1 aliphatic carbocycles. The first-order valence-corrected chi connectivity index (χ1v) is 7.17. The van der Waals surface area contributed by atoms with Crippen LogP contribution in [0, 0.1) is 0 Å². The minimum absolute atomic E-state index is 0.0183. The highest BCUT2D eigenvalue weighted by atomic mass is 32.2. The van der Waals surface area contributed by atoms with E-state index in [1.807, 2.05) is 0 Å². The fourth-order valence-corrected chi connectivity index (χ4v) is 4.29. The lowest BCUT2D eigenvalue weighted by Crippen LogP contribution is -2.47. The van der Waals surface area contributed by atoms with Gasteiger partial charge in [-0.15, -0.1) is 0 Å². The maximum atomic E-state index is 9.51. The number of thioether (sulfide) groups is 1. The zero-order chi connectivity index (χ0) is 10.8. The van der Waals surface area contributed by atoms with E-state index in [0.717, 1.165) is 29.4 Å². The third-order valence-corrected chi connectivity index (χ3v) is 4.86. The molecule has 1 aliphatic heterocycles. The number of hydrogen-bond acceptors (Lipinski definition) is 3. The third kappa shape index (κ3) is 3.11. The van der Waals surface area contributed by atoms with Crippen molar-refractivity contribution >= 4 is 11.8 Å². The van der Waals surface area contributed by atoms with E-state index in [0.29, 0.717) is 0 Å². The van der Waals surface area contributed by atoms with Crippen LogP contribution in [0.2, 0.25) is 0 Å². The van der Waals surface area contributed by atoms with Gasteiger partial charge in [0.1, 0.15) is 0 Å². The summed E-state index contributed by atoms with van der Waals surface area (Å²) in [6, 6.07) is 0.749. The van der Waals surface area contributed by atoms with E-state index in [1.54, 1.807) is 0 Å². The van der Waals surface area contributed by atoms with Gasteiger partial charge in [-0.1, -0.05) is 13.8 Å². The Morgan fingerprint density at radius 1 is 1.00 bits per heavy atom. The van der Waals surface area contributed by atoms with Gasteiger partial charge in [0, 0.05) is 29.6 Å². The van der Waals surface area contributed by atoms with Crippen molar-refractivity contribution in [2.75, 3.05) is 13.1 Å². The first-order valence-electron chi connectivity index (χ1n) is 6.22. The Labute approximate surface area is 97.4 Å². The van der Waals surface area contributed by atoms with E-state index in [1.165, 1.54) is 25.9 Å². The number of rotatable bonds is 1. The van der Waals surface area contributed by atoms with E-state index >= 15 is 0 Å². The molecular formula is C12H23NOS. The molecule has 2 rings (SSSR count). The summed E-state index contributed by atoms with van der Waals surface area (Å²) in [5, 5.41) is 11.1. The van der Waals surface area contributed by atoms with Crippen molar-refractivity contribution in [1.29, 1.82) is 0 Å². The Bertz CT molecular complexity index is 194. The molecule has 0 aromatic carbocycles. The predicted octanol–water partition coefficient (Wildman–Crippen LogP) is 2.12. The Morgan fingerprint density at radius 2 is 1.53 bits per heavy atom. The monoisotopic (exact) mass is 229 g/mol. The van der Waals surface area contributed by atoms with Crippen molar-refractivity contribution in [3.05, 3.63) is 0 Å². The van der Waals surface area contributed by atoms with Crippen LogP contribution in [0.15, 0.2) is 0 Å². The first-order chi connectivity index (χ1) is 7.15. The van der Waals surface area contributed by atoms with Gasteiger partial charge in [-0.05, 0) is 25.7 Å². The maximum absolute atomic E-state index is 9.51. The van der Waals surface area contributed by atoms with Crippen LogP contribution in [0.3, 0.4) is 0 Å². The van der Waals surface area contributed by atoms with Crippen molar-refractivity contribution < 1.29 is 5.11 Å². The summed E-state index contributed by atoms with van der Waals surface area (Å²) >= 11 is 2.12. The first kappa shape index (κ1) is 11.7. The van der Waals surface area contributed by atoms with Crippen molar-refractivity contribution in [3.8, 4) is 0 Å². The summed E-state index contributed by atoms with van der Waals surface area (Å²) in [5.41, 5.74) is 0. The molecule has 0 bridgehead atoms. The summed E-state index contributed by atoms with van der Waals surface area (Å²) in [6.45, 7) is 7.17. The van der Waals surface area contributed by atoms with E-state index in [2.05, 4.69) is 30.5 Å². The van der Waals surface area contributed by atoms with Gasteiger partial charge in [0.15, 0.2) is 0 Å². The minimum Gasteiger partial charge on any atom is -0.393 e. The molecule has 2 fully saturated rings. The quantitative estimate of drug-likeness (QED) is 0.745. The van der Waals surface area contributed by atoms with Gasteiger partial charge >= 0.3 is 0 Å². The molecule has 0 aromatic rings. The number of hydrogen-bond donors (Lipinski definition) is 1. The second-order valence-electron chi connectivity index (χ2n) is 5.17. The summed E-state index contributed by atoms with van der Waals surface area (Å²) in [4.78, 5) is 2.66. The Hall–Kier alpha value is 0.270. The van der Waals surface area contributed by atoms with E-state index in [-0.39, 0.29) is 6.10 Å². The van der Waals surface area contributed by atoms with Crippen molar-refractivity contribution in [1.82, 2.24) is 4.90 Å². The van der Waals surface area contributed by atoms with Crippen molar-refractivity contribution in [3.63, 3.8) is 0 Å². The van der Waals surface area contributed by atoms with Crippen LogP contribution in [0.5, 0.6) is 0 Å². The van der Waals surface area contributed by atoms with E-state index in [9.17, 15) is 5.11 Å². The van der Waals surface area contributed by atoms with E-state index in [4.69, 9.17) is 0 Å². The molecule has 0 aromatic heterocycles. The SMILES string of the molecule is CC1CN(C2CCC(O)CC2)CC(C)S1. The van der Waals surface area contributed by atoms with Gasteiger partial charge in [0.2, 0.25) is 0 Å². The van der Waals surface area contributed by atoms with Gasteiger partial charge in [-0.2, -0.15) is 11.8 Å². The second-order valence-corrected chi connectivity index (χ2v) is 7.06. The molecule has 1 saturated heterocycles. The molecule has 2 nitrogen and oxygen atoms in total. The van der Waals surface area contributed by atoms with Gasteiger partial charge in [0.05, 0.1) is 6.10 Å². The lowest BCUT2D eigenvalue weighted by molar-refractivity contribution is 0.0730. The Kier molecular flexibility index (Phi) is 3.97. The van der Waals surface area contributed by atoms with Crippen molar-refractivity contribution in [2.45, 2.75) is 62.2 Å². The molecule has 15 heavy (non-hydrogen) atoms. The smallest absolute Gasteiger partial charge is 0.0541 e. The molecule has 3 heteroatoms. The fraction of sp³-hybridized carbons (Fsp3) is 1.00. The van der Waals surface area contributed by atoms with Gasteiger partial charge in [0.25, 0.3) is 0 Å². The van der Waals surface area contributed by atoms with Gasteiger partial charge < -0.3 is 5.11 Å². The highest BCUT2D eigenvalue weighted by molar-refractivity contribution is 8.00. The summed E-state index contributed by atoms with van der Waals surface area (Å²) in [5.74, 6) is 0. The Balaban J connectivity index is 1.87. The predicted molar refractivity (Wildman–Crippen MR) is 66.4 cm³/mol. The average molecular weight is 229 g/mol. The number of aliphatic hydroxyl groups is 1. The minimum atomic E-state index is -0.0183. The zero-order valence-corrected chi connectivity index (χ0v) is 10.7. The molecule has 2 atom stereocenters. The highest BCUT2D eigenvalue weighted by Gasteiger charge is 2.30. The number of aliphatic hydroxyl groups excluding tert-OH is 1. The molecule has 1 heterocycles. The normalized spacial score (nSPS) is 44.2. The molecule has 1 N–H and O–H groups in total. The molecule has 88 valence electrons. The van der Waals surface area contributed by atoms with Crippen LogP contribution >= 0.6 is 11.8 Å². The lowest BCUT2D eigenvalue weighted by Gasteiger charge is -2.42. The van der Waals surface area contributed by atoms with Crippen LogP contribution in [-0.2, 0) is 0 Å². The standard InChI is InChI=1S/C12H23NOS/c1-9-7-13(8-10(2)15-9)11-3-5-12(14)6-4-11/h9-12,14H,3-8H2,1-2H3. The highest BCUT2D eigenvalue weighted by Crippen LogP contribution is 2.30. The number of nitrogens with zero attached hydrogens (tertiary/aromatic N) is 1. The van der Waals surface area contributed by atoms with Crippen LogP contribution in [-0.4, -0.2) is 45.7 Å². The lowest BCUT2D eigenvalue weighted by atomic mass is 9.91. The van der Waals surface area contributed by atoms with Gasteiger partial charge in [-0.3, -0.25) is 4.90 Å². The van der Waals surface area contributed by atoms with Crippen LogP contribution in [0.25, 0.3) is 0 Å². The Morgan fingerprint density at radius 3 is 2.07 bits per heavy atom. The van der Waals surface area contributed by atoms with Crippen LogP contribution < -0.4 is 0 Å². The molecule has 0 amide bonds. The summed E-state index contributed by atoms with van der Waals surface area (Å²) < 4.78 is 0. The zero-order valence-electron chi connectivity index (χ0n) is 9.85. The molecule has 2 aliphatic rings.